The molecule has 2 aromatic carbocycles. The quantitative estimate of drug-likeness (QED) is 0.618. The van der Waals surface area contributed by atoms with Crippen molar-refractivity contribution in [3.05, 3.63) is 60.4 Å². The Labute approximate surface area is 205 Å². The minimum atomic E-state index is -1.22. The number of likely N-dealkylation sites (tertiary alicyclic amines) is 1. The Balaban J connectivity index is 1.46. The fourth-order valence-corrected chi connectivity index (χ4v) is 4.94. The number of hydrogen-bond donors (Lipinski definition) is 1. The van der Waals surface area contributed by atoms with Gasteiger partial charge in [0, 0.05) is 44.0 Å². The van der Waals surface area contributed by atoms with E-state index >= 15 is 0 Å². The molecule has 2 fully saturated rings. The number of rotatable bonds is 7. The lowest BCUT2D eigenvalue weighted by atomic mass is 9.75. The number of carboxylic acids is 1. The number of halogens is 1. The van der Waals surface area contributed by atoms with Gasteiger partial charge in [-0.2, -0.15) is 0 Å². The third kappa shape index (κ3) is 5.31. The predicted octanol–water partition coefficient (Wildman–Crippen LogP) is 4.77. The normalized spacial score (nSPS) is 18.0. The first-order valence-electron chi connectivity index (χ1n) is 12.1. The van der Waals surface area contributed by atoms with E-state index in [1.165, 1.54) is 29.2 Å². The maximum absolute atomic E-state index is 13.6. The first kappa shape index (κ1) is 24.7. The Kier molecular flexibility index (Phi) is 7.10. The molecule has 1 atom stereocenters. The topological polar surface area (TPSA) is 81.2 Å². The summed E-state index contributed by atoms with van der Waals surface area (Å²) in [5.41, 5.74) is 0.110. The summed E-state index contributed by atoms with van der Waals surface area (Å²) in [6.45, 7) is 2.49. The molecular formula is C27H32FN3O4. The number of nitrogens with zero attached hydrogens (tertiary/aromatic N) is 3. The number of carbonyl (C=O) groups is 3. The monoisotopic (exact) mass is 481 g/mol. The Morgan fingerprint density at radius 2 is 1.63 bits per heavy atom. The highest BCUT2D eigenvalue weighted by molar-refractivity contribution is 5.97. The van der Waals surface area contributed by atoms with Crippen molar-refractivity contribution < 1.29 is 23.9 Å². The lowest BCUT2D eigenvalue weighted by Gasteiger charge is -2.41. The number of aliphatic carboxylic acids is 1. The average molecular weight is 482 g/mol. The third-order valence-corrected chi connectivity index (χ3v) is 7.45. The number of amides is 3. The summed E-state index contributed by atoms with van der Waals surface area (Å²) in [6.07, 6.45) is 2.42. The van der Waals surface area contributed by atoms with Crippen LogP contribution in [0.4, 0.5) is 20.6 Å². The van der Waals surface area contributed by atoms with Gasteiger partial charge in [-0.25, -0.2) is 9.18 Å². The zero-order valence-electron chi connectivity index (χ0n) is 20.2. The van der Waals surface area contributed by atoms with Gasteiger partial charge in [-0.15, -0.1) is 0 Å². The van der Waals surface area contributed by atoms with Crippen molar-refractivity contribution in [1.82, 2.24) is 4.90 Å². The highest BCUT2D eigenvalue weighted by Gasteiger charge is 2.46. The van der Waals surface area contributed by atoms with E-state index in [0.29, 0.717) is 11.6 Å². The molecule has 2 aromatic rings. The highest BCUT2D eigenvalue weighted by atomic mass is 19.1. The Morgan fingerprint density at radius 1 is 1.03 bits per heavy atom. The standard InChI is InChI=1S/C27H32FN3O4/c1-19(20-8-9-20)31(23-6-4-3-5-7-23)24(32)18-27(25(33)34)14-16-30(17-15-27)26(35)29(2)22-12-10-21(28)11-13-22/h3-7,10-13,19-20H,8-9,14-18H2,1-2H3,(H,33,34)/t19-/m1/s1. The molecule has 0 aromatic heterocycles. The fourth-order valence-electron chi connectivity index (χ4n) is 4.94. The maximum atomic E-state index is 13.6. The molecule has 7 nitrogen and oxygen atoms in total. The van der Waals surface area contributed by atoms with Crippen molar-refractivity contribution in [2.75, 3.05) is 29.9 Å². The minimum absolute atomic E-state index is 0.00164. The Hall–Kier alpha value is -3.42. The van der Waals surface area contributed by atoms with E-state index in [1.54, 1.807) is 16.8 Å². The van der Waals surface area contributed by atoms with E-state index in [9.17, 15) is 23.9 Å². The summed E-state index contributed by atoms with van der Waals surface area (Å²) < 4.78 is 13.2. The molecule has 1 aliphatic carbocycles. The zero-order chi connectivity index (χ0) is 25.2. The molecular weight excluding hydrogens is 449 g/mol. The summed E-state index contributed by atoms with van der Waals surface area (Å²) in [4.78, 5) is 43.8. The van der Waals surface area contributed by atoms with E-state index < -0.39 is 11.4 Å². The van der Waals surface area contributed by atoms with E-state index in [0.717, 1.165) is 18.5 Å². The molecule has 3 amide bonds. The fraction of sp³-hybridized carbons (Fsp3) is 0.444. The van der Waals surface area contributed by atoms with Crippen molar-refractivity contribution >= 4 is 29.3 Å². The Bertz CT molecular complexity index is 1060. The van der Waals surface area contributed by atoms with Gasteiger partial charge in [0.2, 0.25) is 5.91 Å². The molecule has 186 valence electrons. The second-order valence-corrected chi connectivity index (χ2v) is 9.74. The van der Waals surface area contributed by atoms with Gasteiger partial charge in [-0.3, -0.25) is 14.5 Å². The van der Waals surface area contributed by atoms with E-state index in [2.05, 4.69) is 0 Å². The van der Waals surface area contributed by atoms with Crippen LogP contribution in [0.1, 0.15) is 39.0 Å². The molecule has 1 saturated heterocycles. The van der Waals surface area contributed by atoms with Crippen LogP contribution in [0.5, 0.6) is 0 Å². The molecule has 8 heteroatoms. The molecule has 1 heterocycles. The molecule has 1 N–H and O–H groups in total. The molecule has 0 spiro atoms. The van der Waals surface area contributed by atoms with Crippen LogP contribution in [-0.4, -0.2) is 54.1 Å². The molecule has 0 radical (unpaired) electrons. The molecule has 4 rings (SSSR count). The number of anilines is 2. The van der Waals surface area contributed by atoms with Crippen LogP contribution in [0.2, 0.25) is 0 Å². The number of carboxylic acid groups (broad SMARTS) is 1. The second-order valence-electron chi connectivity index (χ2n) is 9.74. The maximum Gasteiger partial charge on any atom is 0.324 e. The van der Waals surface area contributed by atoms with Crippen LogP contribution in [0.3, 0.4) is 0 Å². The molecule has 0 unspecified atom stereocenters. The first-order valence-corrected chi connectivity index (χ1v) is 12.1. The van der Waals surface area contributed by atoms with Crippen LogP contribution in [0.15, 0.2) is 54.6 Å². The van der Waals surface area contributed by atoms with E-state index in [4.69, 9.17) is 0 Å². The van der Waals surface area contributed by atoms with Crippen molar-refractivity contribution in [1.29, 1.82) is 0 Å². The number of hydrogen-bond acceptors (Lipinski definition) is 3. The summed E-state index contributed by atoms with van der Waals surface area (Å²) in [5, 5.41) is 10.2. The van der Waals surface area contributed by atoms with Crippen LogP contribution in [0, 0.1) is 17.2 Å². The second kappa shape index (κ2) is 10.1. The first-order chi connectivity index (χ1) is 16.7. The van der Waals surface area contributed by atoms with Gasteiger partial charge in [-0.05, 0) is 74.9 Å². The van der Waals surface area contributed by atoms with Gasteiger partial charge in [0.25, 0.3) is 0 Å². The van der Waals surface area contributed by atoms with Gasteiger partial charge >= 0.3 is 12.0 Å². The molecule has 2 aliphatic rings. The van der Waals surface area contributed by atoms with Crippen molar-refractivity contribution in [3.63, 3.8) is 0 Å². The van der Waals surface area contributed by atoms with Gasteiger partial charge in [0.1, 0.15) is 5.82 Å². The van der Waals surface area contributed by atoms with Gasteiger partial charge < -0.3 is 14.9 Å². The van der Waals surface area contributed by atoms with Crippen molar-refractivity contribution in [2.24, 2.45) is 11.3 Å². The van der Waals surface area contributed by atoms with Gasteiger partial charge in [0.15, 0.2) is 0 Å². The molecule has 1 saturated carbocycles. The van der Waals surface area contributed by atoms with Crippen LogP contribution < -0.4 is 9.80 Å². The molecule has 35 heavy (non-hydrogen) atoms. The Morgan fingerprint density at radius 3 is 2.17 bits per heavy atom. The smallest absolute Gasteiger partial charge is 0.324 e. The zero-order valence-corrected chi connectivity index (χ0v) is 20.2. The summed E-state index contributed by atoms with van der Waals surface area (Å²) in [5.74, 6) is -1.15. The predicted molar refractivity (Wildman–Crippen MR) is 132 cm³/mol. The third-order valence-electron chi connectivity index (χ3n) is 7.45. The molecule has 1 aliphatic heterocycles. The van der Waals surface area contributed by atoms with Gasteiger partial charge in [0.05, 0.1) is 5.41 Å². The van der Waals surface area contributed by atoms with Crippen LogP contribution in [-0.2, 0) is 9.59 Å². The number of piperidine rings is 1. The summed E-state index contributed by atoms with van der Waals surface area (Å²) in [6, 6.07) is 14.8. The highest BCUT2D eigenvalue weighted by Crippen LogP contribution is 2.40. The lowest BCUT2D eigenvalue weighted by Crippen LogP contribution is -2.52. The summed E-state index contributed by atoms with van der Waals surface area (Å²) in [7, 11) is 1.61. The van der Waals surface area contributed by atoms with Crippen LogP contribution >= 0.6 is 0 Å². The van der Waals surface area contributed by atoms with E-state index in [1.807, 2.05) is 37.3 Å². The van der Waals surface area contributed by atoms with Gasteiger partial charge in [-0.1, -0.05) is 18.2 Å². The SMILES string of the molecule is C[C@H](C1CC1)N(C(=O)CC1(C(=O)O)CCN(C(=O)N(C)c2ccc(F)cc2)CC1)c1ccccc1. The van der Waals surface area contributed by atoms with Crippen molar-refractivity contribution in [3.8, 4) is 0 Å². The van der Waals surface area contributed by atoms with E-state index in [-0.39, 0.29) is 56.1 Å². The van der Waals surface area contributed by atoms with Crippen LogP contribution in [0.25, 0.3) is 0 Å². The number of para-hydroxylation sites is 1. The number of benzene rings is 2. The van der Waals surface area contributed by atoms with Crippen molar-refractivity contribution in [2.45, 2.75) is 45.1 Å². The lowest BCUT2D eigenvalue weighted by molar-refractivity contribution is -0.154. The number of urea groups is 1. The minimum Gasteiger partial charge on any atom is -0.481 e. The number of carbonyl (C=O) groups excluding carboxylic acids is 2. The largest absolute Gasteiger partial charge is 0.481 e. The average Bonchev–Trinajstić information content (AvgIpc) is 3.70. The summed E-state index contributed by atoms with van der Waals surface area (Å²) >= 11 is 0. The molecule has 0 bridgehead atoms.